The van der Waals surface area contributed by atoms with Crippen molar-refractivity contribution in [2.75, 3.05) is 0 Å². The summed E-state index contributed by atoms with van der Waals surface area (Å²) in [6, 6.07) is 0. The van der Waals surface area contributed by atoms with Gasteiger partial charge in [-0.2, -0.15) is 0 Å². The Bertz CT molecular complexity index is 3.25. The molecule has 0 saturated heterocycles. The van der Waals surface area contributed by atoms with Crippen LogP contribution < -0.4 is 0 Å². The minimum atomic E-state index is 0. The van der Waals surface area contributed by atoms with Gasteiger partial charge >= 0.3 is 0 Å². The molecule has 0 aromatic rings. The Morgan fingerprint density at radius 1 is 0.500 bits per heavy atom. The minimum Gasteiger partial charge on any atom is -0.269 e. The van der Waals surface area contributed by atoms with E-state index in [1.54, 1.807) is 0 Å². The normalized spacial score (nSPS) is 0. The van der Waals surface area contributed by atoms with Gasteiger partial charge in [0.05, 0.1) is 0 Å². The van der Waals surface area contributed by atoms with Crippen molar-refractivity contribution in [3.05, 3.63) is 0 Å². The second-order valence-electron chi connectivity index (χ2n) is 0. The Balaban J connectivity index is 0. The van der Waals surface area contributed by atoms with Crippen molar-refractivity contribution in [3.8, 4) is 0 Å². The van der Waals surface area contributed by atoms with Gasteiger partial charge in [-0.25, -0.2) is 0 Å². The van der Waals surface area contributed by atoms with Gasteiger partial charge in [-0.15, -0.1) is 0 Å². The van der Waals surface area contributed by atoms with Crippen LogP contribution in [0.1, 0.15) is 0 Å². The Kier molecular flexibility index (Phi) is 26300. The quantitative estimate of drug-likeness (QED) is 0.434. The summed E-state index contributed by atoms with van der Waals surface area (Å²) in [5.74, 6) is 0. The van der Waals surface area contributed by atoms with Crippen molar-refractivity contribution in [1.82, 2.24) is 0 Å². The van der Waals surface area contributed by atoms with E-state index in [1.165, 1.54) is 0 Å². The van der Waals surface area contributed by atoms with Crippen molar-refractivity contribution in [1.29, 1.82) is 0 Å². The summed E-state index contributed by atoms with van der Waals surface area (Å²) >= 11 is 0. The van der Waals surface area contributed by atoms with Crippen molar-refractivity contribution >= 4 is 0 Å². The molecule has 33 valence electrons. The summed E-state index contributed by atoms with van der Waals surface area (Å²) in [7, 11) is 0. The maximum Gasteiger partial charge on any atom is 0 e. The summed E-state index contributed by atoms with van der Waals surface area (Å²) in [5, 5.41) is 0. The van der Waals surface area contributed by atoms with Crippen LogP contribution in [-0.2, 0) is 16.8 Å². The maximum atomic E-state index is 0. The second-order valence-corrected chi connectivity index (χ2v) is 0. The van der Waals surface area contributed by atoms with E-state index in [9.17, 15) is 0 Å². The molecule has 0 nitrogen and oxygen atoms in total. The van der Waals surface area contributed by atoms with Crippen molar-refractivity contribution in [2.24, 2.45) is 0 Å². The first-order valence-electron chi connectivity index (χ1n) is 0. The van der Waals surface area contributed by atoms with E-state index in [0.717, 1.165) is 0 Å². The predicted octanol–water partition coefficient (Wildman–Crippen LogP) is 0.455. The van der Waals surface area contributed by atoms with E-state index in [4.69, 9.17) is 0 Å². The van der Waals surface area contributed by atoms with E-state index in [-0.39, 0.29) is 30.9 Å². The van der Waals surface area contributed by atoms with Crippen LogP contribution in [-0.4, -0.2) is 0 Å². The number of halogens is 3. The van der Waals surface area contributed by atoms with E-state index in [0.29, 0.717) is 0 Å². The van der Waals surface area contributed by atoms with Crippen molar-refractivity contribution < 1.29 is 30.9 Å². The van der Waals surface area contributed by atoms with Crippen molar-refractivity contribution in [2.45, 2.75) is 0 Å². The van der Waals surface area contributed by atoms with Crippen LogP contribution in [0.4, 0.5) is 14.1 Å². The molecule has 0 aliphatic rings. The first-order chi connectivity index (χ1) is 0. The molecule has 0 amide bonds. The summed E-state index contributed by atoms with van der Waals surface area (Å²) in [5.41, 5.74) is 0. The molecule has 1 radical (unpaired) electrons. The van der Waals surface area contributed by atoms with Gasteiger partial charge in [0.1, 0.15) is 0 Å². The summed E-state index contributed by atoms with van der Waals surface area (Å²) in [6.45, 7) is 0. The van der Waals surface area contributed by atoms with Crippen LogP contribution in [0.3, 0.4) is 0 Å². The average molecular weight is 119 g/mol. The van der Waals surface area contributed by atoms with Crippen LogP contribution in [0.25, 0.3) is 0 Å². The molecule has 0 saturated carbocycles. The van der Waals surface area contributed by atoms with E-state index in [1.807, 2.05) is 0 Å². The van der Waals surface area contributed by atoms with Gasteiger partial charge in [0, 0.05) is 16.8 Å². The third kappa shape index (κ3) is 43.9. The van der Waals surface area contributed by atoms with Gasteiger partial charge in [0.25, 0.3) is 0 Å². The van der Waals surface area contributed by atoms with Crippen LogP contribution in [0.15, 0.2) is 0 Å². The molecule has 0 aromatic heterocycles. The SMILES string of the molecule is F.F.F.[Co]. The summed E-state index contributed by atoms with van der Waals surface area (Å²) in [6.07, 6.45) is 0. The summed E-state index contributed by atoms with van der Waals surface area (Å²) in [4.78, 5) is 0. The van der Waals surface area contributed by atoms with Crippen LogP contribution in [0.5, 0.6) is 0 Å². The van der Waals surface area contributed by atoms with Crippen molar-refractivity contribution in [3.63, 3.8) is 0 Å². The third-order valence-corrected chi connectivity index (χ3v) is 0. The average Bonchev–Trinajstić information content (AvgIpc) is 0. The Morgan fingerprint density at radius 2 is 0.500 bits per heavy atom. The van der Waals surface area contributed by atoms with Crippen LogP contribution in [0, 0.1) is 0 Å². The molecule has 0 N–H and O–H groups in total. The Hall–Kier alpha value is 0.296. The number of hydrogen-bond acceptors (Lipinski definition) is 0. The minimum absolute atomic E-state index is 0. The van der Waals surface area contributed by atoms with Gasteiger partial charge in [0.2, 0.25) is 0 Å². The van der Waals surface area contributed by atoms with Crippen LogP contribution in [0.2, 0.25) is 0 Å². The smallest absolute Gasteiger partial charge is 0 e. The fourth-order valence-electron chi connectivity index (χ4n) is 0. The molecule has 0 rings (SSSR count). The second kappa shape index (κ2) is 198. The van der Waals surface area contributed by atoms with Gasteiger partial charge in [0.15, 0.2) is 0 Å². The van der Waals surface area contributed by atoms with Gasteiger partial charge in [-0.1, -0.05) is 0 Å². The first kappa shape index (κ1) is 531. The summed E-state index contributed by atoms with van der Waals surface area (Å²) < 4.78 is 0. The van der Waals surface area contributed by atoms with Gasteiger partial charge in [-0.3, -0.25) is 14.1 Å². The van der Waals surface area contributed by atoms with E-state index >= 15 is 0 Å². The van der Waals surface area contributed by atoms with Crippen LogP contribution >= 0.6 is 0 Å². The standard InChI is InChI=1S/Co.3FH/h;3*1H. The molecule has 0 spiro atoms. The molecule has 4 heavy (non-hydrogen) atoms. The molecule has 0 bridgehead atoms. The maximum absolute atomic E-state index is 0. The molecule has 0 aromatic carbocycles. The molecule has 4 heteroatoms. The monoisotopic (exact) mass is 119 g/mol. The zero-order valence-corrected chi connectivity index (χ0v) is 2.60. The number of rotatable bonds is 0. The Labute approximate surface area is 31.9 Å². The zero-order valence-electron chi connectivity index (χ0n) is 1.56. The molecule has 0 unspecified atom stereocenters. The molecular formula is H3CoF3. The Morgan fingerprint density at radius 3 is 0.500 bits per heavy atom. The van der Waals surface area contributed by atoms with E-state index in [2.05, 4.69) is 0 Å². The fourth-order valence-corrected chi connectivity index (χ4v) is 0. The topological polar surface area (TPSA) is 0 Å². The largest absolute Gasteiger partial charge is 0.269 e. The molecule has 0 heterocycles. The molecule has 0 aliphatic heterocycles. The molecular weight excluding hydrogens is 116 g/mol. The van der Waals surface area contributed by atoms with Gasteiger partial charge < -0.3 is 0 Å². The first-order valence-corrected chi connectivity index (χ1v) is 0. The van der Waals surface area contributed by atoms with E-state index < -0.39 is 0 Å². The zero-order chi connectivity index (χ0) is 0. The number of hydrogen-bond donors (Lipinski definition) is 0. The molecule has 0 fully saturated rings. The van der Waals surface area contributed by atoms with Gasteiger partial charge in [-0.05, 0) is 0 Å². The molecule has 0 atom stereocenters. The third-order valence-electron chi connectivity index (χ3n) is 0. The fraction of sp³-hybridized carbons (Fsp3) is 0. The molecule has 0 aliphatic carbocycles. The predicted molar refractivity (Wildman–Crippen MR) is 7.51 cm³/mol.